The van der Waals surface area contributed by atoms with Crippen molar-refractivity contribution < 1.29 is 9.53 Å². The van der Waals surface area contributed by atoms with Crippen molar-refractivity contribution >= 4 is 35.1 Å². The minimum atomic E-state index is -0.353. The van der Waals surface area contributed by atoms with Gasteiger partial charge in [-0.25, -0.2) is 4.98 Å². The lowest BCUT2D eigenvalue weighted by atomic mass is 10.2. The minimum absolute atomic E-state index is 0.120. The van der Waals surface area contributed by atoms with Gasteiger partial charge in [0.25, 0.3) is 5.56 Å². The molecule has 0 aliphatic rings. The summed E-state index contributed by atoms with van der Waals surface area (Å²) >= 11 is 3.03. The smallest absolute Gasteiger partial charge is 0.251 e. The van der Waals surface area contributed by atoms with E-state index in [0.29, 0.717) is 29.6 Å². The maximum absolute atomic E-state index is 12.7. The van der Waals surface area contributed by atoms with E-state index in [1.54, 1.807) is 11.8 Å². The predicted molar refractivity (Wildman–Crippen MR) is 117 cm³/mol. The lowest BCUT2D eigenvalue weighted by Gasteiger charge is -2.14. The Kier molecular flexibility index (Phi) is 9.43. The van der Waals surface area contributed by atoms with E-state index >= 15 is 0 Å². The standard InChI is InChI=1S/C20H27N3O3S2/c1-4-11-27-13-15-12-18(24)23-20(22-15)28-17(5-2)19(25)21-14-7-9-16(10-8-14)26-6-3/h7-10,12,17H,4-6,11,13H2,1-3H3,(H,21,25)(H,22,23,24). The quantitative estimate of drug-likeness (QED) is 0.319. The number of ether oxygens (including phenoxy) is 1. The Bertz CT molecular complexity index is 809. The second kappa shape index (κ2) is 11.8. The van der Waals surface area contributed by atoms with Gasteiger partial charge in [0, 0.05) is 17.5 Å². The van der Waals surface area contributed by atoms with Crippen molar-refractivity contribution in [3.05, 3.63) is 46.4 Å². The van der Waals surface area contributed by atoms with Crippen LogP contribution in [0.3, 0.4) is 0 Å². The number of carbonyl (C=O) groups excluding carboxylic acids is 1. The number of benzene rings is 1. The maximum atomic E-state index is 12.7. The summed E-state index contributed by atoms with van der Waals surface area (Å²) in [5, 5.41) is 3.04. The molecular formula is C20H27N3O3S2. The van der Waals surface area contributed by atoms with Gasteiger partial charge in [-0.2, -0.15) is 11.8 Å². The Morgan fingerprint density at radius 1 is 1.25 bits per heavy atom. The topological polar surface area (TPSA) is 84.1 Å². The van der Waals surface area contributed by atoms with Crippen LogP contribution < -0.4 is 15.6 Å². The zero-order valence-electron chi connectivity index (χ0n) is 16.5. The zero-order chi connectivity index (χ0) is 20.4. The largest absolute Gasteiger partial charge is 0.494 e. The van der Waals surface area contributed by atoms with Crippen molar-refractivity contribution in [1.82, 2.24) is 9.97 Å². The van der Waals surface area contributed by atoms with Gasteiger partial charge in [-0.3, -0.25) is 9.59 Å². The van der Waals surface area contributed by atoms with Crippen molar-refractivity contribution in [3.8, 4) is 5.75 Å². The number of hydrogen-bond donors (Lipinski definition) is 2. The second-order valence-corrected chi connectivity index (χ2v) is 8.35. The molecule has 0 bridgehead atoms. The molecule has 0 saturated heterocycles. The normalized spacial score (nSPS) is 11.8. The number of H-pyrrole nitrogens is 1. The van der Waals surface area contributed by atoms with E-state index in [1.165, 1.54) is 17.8 Å². The van der Waals surface area contributed by atoms with E-state index in [1.807, 2.05) is 38.1 Å². The Hall–Kier alpha value is -1.93. The highest BCUT2D eigenvalue weighted by molar-refractivity contribution is 8.00. The summed E-state index contributed by atoms with van der Waals surface area (Å²) in [5.74, 6) is 2.37. The molecule has 1 atom stereocenters. The van der Waals surface area contributed by atoms with Crippen LogP contribution in [-0.4, -0.2) is 33.5 Å². The summed E-state index contributed by atoms with van der Waals surface area (Å²) in [6.45, 7) is 6.58. The summed E-state index contributed by atoms with van der Waals surface area (Å²) in [7, 11) is 0. The molecule has 2 N–H and O–H groups in total. The van der Waals surface area contributed by atoms with Crippen molar-refractivity contribution in [2.24, 2.45) is 0 Å². The lowest BCUT2D eigenvalue weighted by Crippen LogP contribution is -2.25. The first kappa shape index (κ1) is 22.4. The Balaban J connectivity index is 2.02. The molecule has 0 aliphatic heterocycles. The van der Waals surface area contributed by atoms with E-state index in [0.717, 1.165) is 23.6 Å². The fraction of sp³-hybridized carbons (Fsp3) is 0.450. The summed E-state index contributed by atoms with van der Waals surface area (Å²) in [4.78, 5) is 31.8. The molecule has 0 spiro atoms. The molecule has 8 heteroatoms. The van der Waals surface area contributed by atoms with Gasteiger partial charge in [-0.05, 0) is 49.8 Å². The number of nitrogens with one attached hydrogen (secondary N) is 2. The monoisotopic (exact) mass is 421 g/mol. The maximum Gasteiger partial charge on any atom is 0.251 e. The molecule has 1 amide bonds. The van der Waals surface area contributed by atoms with Crippen molar-refractivity contribution in [2.45, 2.75) is 49.8 Å². The van der Waals surface area contributed by atoms with Crippen LogP contribution in [0, 0.1) is 0 Å². The zero-order valence-corrected chi connectivity index (χ0v) is 18.1. The van der Waals surface area contributed by atoms with E-state index in [2.05, 4.69) is 22.2 Å². The summed E-state index contributed by atoms with van der Waals surface area (Å²) in [5.41, 5.74) is 1.26. The average molecular weight is 422 g/mol. The number of amides is 1. The van der Waals surface area contributed by atoms with E-state index < -0.39 is 0 Å². The van der Waals surface area contributed by atoms with E-state index in [-0.39, 0.29) is 16.7 Å². The molecule has 28 heavy (non-hydrogen) atoms. The van der Waals surface area contributed by atoms with Gasteiger partial charge >= 0.3 is 0 Å². The summed E-state index contributed by atoms with van der Waals surface area (Å²) in [6.07, 6.45) is 1.70. The molecule has 1 unspecified atom stereocenters. The molecule has 1 aromatic carbocycles. The van der Waals surface area contributed by atoms with Gasteiger partial charge in [0.15, 0.2) is 5.16 Å². The first-order valence-electron chi connectivity index (χ1n) is 9.44. The number of nitrogens with zero attached hydrogens (tertiary/aromatic N) is 1. The number of anilines is 1. The Morgan fingerprint density at radius 2 is 2.00 bits per heavy atom. The van der Waals surface area contributed by atoms with Crippen LogP contribution in [0.4, 0.5) is 5.69 Å². The van der Waals surface area contributed by atoms with Gasteiger partial charge in [0.05, 0.1) is 17.6 Å². The highest BCUT2D eigenvalue weighted by Crippen LogP contribution is 2.24. The molecule has 1 heterocycles. The van der Waals surface area contributed by atoms with Crippen molar-refractivity contribution in [2.75, 3.05) is 17.7 Å². The number of rotatable bonds is 11. The van der Waals surface area contributed by atoms with Crippen LogP contribution in [0.5, 0.6) is 5.75 Å². The predicted octanol–water partition coefficient (Wildman–Crippen LogP) is 4.32. The first-order chi connectivity index (χ1) is 13.5. The van der Waals surface area contributed by atoms with Crippen LogP contribution in [0.1, 0.15) is 39.3 Å². The van der Waals surface area contributed by atoms with Crippen LogP contribution in [0.25, 0.3) is 0 Å². The van der Waals surface area contributed by atoms with Gasteiger partial charge in [0.2, 0.25) is 5.91 Å². The molecule has 1 aromatic heterocycles. The molecule has 2 aromatic rings. The fourth-order valence-electron chi connectivity index (χ4n) is 2.42. The first-order valence-corrected chi connectivity index (χ1v) is 11.5. The molecule has 0 fully saturated rings. The molecule has 152 valence electrons. The Labute approximate surface area is 174 Å². The van der Waals surface area contributed by atoms with Crippen LogP contribution in [0.15, 0.2) is 40.3 Å². The molecule has 2 rings (SSSR count). The van der Waals surface area contributed by atoms with E-state index in [4.69, 9.17) is 4.74 Å². The van der Waals surface area contributed by atoms with Gasteiger partial charge in [-0.15, -0.1) is 0 Å². The van der Waals surface area contributed by atoms with Crippen LogP contribution >= 0.6 is 23.5 Å². The summed E-state index contributed by atoms with van der Waals surface area (Å²) < 4.78 is 5.41. The fourth-order valence-corrected chi connectivity index (χ4v) is 4.14. The summed E-state index contributed by atoms with van der Waals surface area (Å²) in [6, 6.07) is 8.79. The van der Waals surface area contributed by atoms with Gasteiger partial charge in [-0.1, -0.05) is 25.6 Å². The SMILES string of the molecule is CCCSCc1cc(=O)[nH]c(SC(CC)C(=O)Nc2ccc(OCC)cc2)n1. The van der Waals surface area contributed by atoms with E-state index in [9.17, 15) is 9.59 Å². The van der Waals surface area contributed by atoms with Crippen LogP contribution in [0.2, 0.25) is 0 Å². The van der Waals surface area contributed by atoms with Gasteiger partial charge < -0.3 is 15.0 Å². The highest BCUT2D eigenvalue weighted by atomic mass is 32.2. The third-order valence-corrected chi connectivity index (χ3v) is 6.17. The third-order valence-electron chi connectivity index (χ3n) is 3.72. The van der Waals surface area contributed by atoms with Crippen LogP contribution in [-0.2, 0) is 10.5 Å². The second-order valence-electron chi connectivity index (χ2n) is 6.06. The molecular weight excluding hydrogens is 394 g/mol. The number of thioether (sulfide) groups is 2. The molecule has 0 aliphatic carbocycles. The lowest BCUT2D eigenvalue weighted by molar-refractivity contribution is -0.115. The van der Waals surface area contributed by atoms with Crippen molar-refractivity contribution in [3.63, 3.8) is 0 Å². The molecule has 0 radical (unpaired) electrons. The number of carbonyl (C=O) groups is 1. The van der Waals surface area contributed by atoms with Crippen molar-refractivity contribution in [1.29, 1.82) is 0 Å². The molecule has 6 nitrogen and oxygen atoms in total. The minimum Gasteiger partial charge on any atom is -0.494 e. The number of aromatic nitrogens is 2. The Morgan fingerprint density at radius 3 is 2.64 bits per heavy atom. The third kappa shape index (κ3) is 7.24. The average Bonchev–Trinajstić information content (AvgIpc) is 2.67. The highest BCUT2D eigenvalue weighted by Gasteiger charge is 2.20. The number of aromatic amines is 1. The number of hydrogen-bond acceptors (Lipinski definition) is 6. The van der Waals surface area contributed by atoms with Gasteiger partial charge in [0.1, 0.15) is 5.75 Å². The molecule has 0 saturated carbocycles.